The van der Waals surface area contributed by atoms with Gasteiger partial charge >= 0.3 is 0 Å². The number of pyridine rings is 1. The van der Waals surface area contributed by atoms with E-state index in [2.05, 4.69) is 48.0 Å². The van der Waals surface area contributed by atoms with Gasteiger partial charge in [0.25, 0.3) is 0 Å². The van der Waals surface area contributed by atoms with Gasteiger partial charge in [0, 0.05) is 37.3 Å². The maximum Gasteiger partial charge on any atom is 0.241 e. The molecule has 1 aromatic heterocycles. The van der Waals surface area contributed by atoms with Crippen molar-refractivity contribution in [3.05, 3.63) is 83.6 Å². The van der Waals surface area contributed by atoms with Crippen LogP contribution < -0.4 is 9.80 Å². The van der Waals surface area contributed by atoms with Gasteiger partial charge in [-0.2, -0.15) is 0 Å². The molecular weight excluding hydrogens is 468 g/mol. The largest absolute Gasteiger partial charge is 0.353 e. The normalized spacial score (nSPS) is 18.7. The number of fused-ring (bicyclic) bond motifs is 1. The summed E-state index contributed by atoms with van der Waals surface area (Å²) < 4.78 is 0. The van der Waals surface area contributed by atoms with Crippen molar-refractivity contribution in [2.75, 3.05) is 36.0 Å². The van der Waals surface area contributed by atoms with E-state index in [1.807, 2.05) is 53.1 Å². The number of piperazine rings is 1. The Kier molecular flexibility index (Phi) is 7.01. The van der Waals surface area contributed by atoms with Gasteiger partial charge in [-0.15, -0.1) is 11.8 Å². The third-order valence-electron chi connectivity index (χ3n) is 7.16. The average molecular weight is 501 g/mol. The van der Waals surface area contributed by atoms with Crippen LogP contribution in [0.4, 0.5) is 11.5 Å². The van der Waals surface area contributed by atoms with Crippen molar-refractivity contribution >= 4 is 35.1 Å². The quantitative estimate of drug-likeness (QED) is 0.509. The second-order valence-electron chi connectivity index (χ2n) is 9.65. The van der Waals surface area contributed by atoms with Crippen LogP contribution in [0.25, 0.3) is 0 Å². The number of aromatic nitrogens is 1. The molecule has 2 amide bonds. The van der Waals surface area contributed by atoms with Crippen molar-refractivity contribution in [3.8, 4) is 0 Å². The lowest BCUT2D eigenvalue weighted by atomic mass is 10.0. The number of amides is 2. The van der Waals surface area contributed by atoms with E-state index >= 15 is 0 Å². The third kappa shape index (κ3) is 4.85. The van der Waals surface area contributed by atoms with Gasteiger partial charge < -0.3 is 14.7 Å². The molecule has 6 nitrogen and oxygen atoms in total. The number of rotatable bonds is 5. The molecule has 0 bridgehead atoms. The van der Waals surface area contributed by atoms with E-state index in [1.54, 1.807) is 6.20 Å². The summed E-state index contributed by atoms with van der Waals surface area (Å²) in [6.07, 6.45) is 1.79. The fourth-order valence-electron chi connectivity index (χ4n) is 4.97. The third-order valence-corrected chi connectivity index (χ3v) is 8.62. The highest BCUT2D eigenvalue weighted by Crippen LogP contribution is 2.42. The number of carbonyl (C=O) groups is 2. The smallest absolute Gasteiger partial charge is 0.241 e. The van der Waals surface area contributed by atoms with Crippen LogP contribution in [-0.4, -0.2) is 53.1 Å². The van der Waals surface area contributed by atoms with Crippen molar-refractivity contribution in [1.82, 2.24) is 9.88 Å². The summed E-state index contributed by atoms with van der Waals surface area (Å²) >= 11 is 1.53. The summed E-state index contributed by atoms with van der Waals surface area (Å²) in [5, 5.41) is -0.452. The predicted molar refractivity (Wildman–Crippen MR) is 145 cm³/mol. The van der Waals surface area contributed by atoms with Crippen molar-refractivity contribution in [1.29, 1.82) is 0 Å². The Balaban J connectivity index is 1.33. The summed E-state index contributed by atoms with van der Waals surface area (Å²) in [4.78, 5) is 38.9. The van der Waals surface area contributed by atoms with E-state index in [1.165, 1.54) is 17.3 Å². The summed E-state index contributed by atoms with van der Waals surface area (Å²) in [5.74, 6) is 0.577. The van der Waals surface area contributed by atoms with Gasteiger partial charge in [-0.05, 0) is 49.2 Å². The molecule has 3 aromatic rings. The van der Waals surface area contributed by atoms with E-state index in [0.29, 0.717) is 19.6 Å². The molecule has 0 N–H and O–H groups in total. The first-order valence-electron chi connectivity index (χ1n) is 12.5. The molecule has 7 heteroatoms. The van der Waals surface area contributed by atoms with Gasteiger partial charge in [0.2, 0.25) is 11.8 Å². The lowest BCUT2D eigenvalue weighted by Crippen LogP contribution is -2.53. The molecule has 0 radical (unpaired) electrons. The van der Waals surface area contributed by atoms with Crippen molar-refractivity contribution < 1.29 is 9.59 Å². The Morgan fingerprint density at radius 2 is 1.78 bits per heavy atom. The van der Waals surface area contributed by atoms with E-state index in [-0.39, 0.29) is 11.8 Å². The van der Waals surface area contributed by atoms with Gasteiger partial charge in [-0.25, -0.2) is 4.98 Å². The number of thioether (sulfide) groups is 1. The van der Waals surface area contributed by atoms with Crippen molar-refractivity contribution in [2.45, 2.75) is 37.5 Å². The second kappa shape index (κ2) is 10.3. The number of carbonyl (C=O) groups excluding carboxylic acids is 2. The van der Waals surface area contributed by atoms with E-state index in [9.17, 15) is 9.59 Å². The van der Waals surface area contributed by atoms with Gasteiger partial charge in [-0.1, -0.05) is 48.9 Å². The molecule has 5 rings (SSSR count). The van der Waals surface area contributed by atoms with Crippen LogP contribution in [-0.2, 0) is 16.1 Å². The molecular formula is C29H32N4O2S. The molecule has 36 heavy (non-hydrogen) atoms. The van der Waals surface area contributed by atoms with Gasteiger partial charge in [0.05, 0.1) is 18.2 Å². The van der Waals surface area contributed by atoms with Crippen molar-refractivity contribution in [3.63, 3.8) is 0 Å². The van der Waals surface area contributed by atoms with Crippen LogP contribution >= 0.6 is 11.8 Å². The highest BCUT2D eigenvalue weighted by molar-refractivity contribution is 8.01. The Hall–Kier alpha value is -3.32. The minimum absolute atomic E-state index is 0.00702. The monoisotopic (exact) mass is 500 g/mol. The molecule has 2 atom stereocenters. The highest BCUT2D eigenvalue weighted by atomic mass is 32.2. The Morgan fingerprint density at radius 3 is 2.53 bits per heavy atom. The summed E-state index contributed by atoms with van der Waals surface area (Å²) in [6.45, 7) is 9.31. The van der Waals surface area contributed by atoms with E-state index in [0.717, 1.165) is 40.6 Å². The van der Waals surface area contributed by atoms with Gasteiger partial charge in [0.15, 0.2) is 0 Å². The van der Waals surface area contributed by atoms with Gasteiger partial charge in [-0.3, -0.25) is 9.59 Å². The summed E-state index contributed by atoms with van der Waals surface area (Å²) in [7, 11) is 0. The molecule has 0 saturated carbocycles. The first-order valence-corrected chi connectivity index (χ1v) is 13.4. The molecule has 2 aliphatic rings. The molecule has 186 valence electrons. The number of aryl methyl sites for hydroxylation is 2. The first-order chi connectivity index (χ1) is 17.4. The van der Waals surface area contributed by atoms with Crippen LogP contribution in [0.2, 0.25) is 0 Å². The number of hydrogen-bond donors (Lipinski definition) is 0. The highest BCUT2D eigenvalue weighted by Gasteiger charge is 2.41. The SMILES string of the molecule is Cc1ccc(C)c(CN2C(=O)[C@@H]([C@@H](C)C(=O)N3CCN(c4ccccn4)CC3)Sc3ccccc32)c1. The number of para-hydroxylation sites is 1. The van der Waals surface area contributed by atoms with Crippen LogP contribution in [0.1, 0.15) is 23.6 Å². The van der Waals surface area contributed by atoms with Crippen LogP contribution in [0, 0.1) is 19.8 Å². The second-order valence-corrected chi connectivity index (χ2v) is 10.8. The number of hydrogen-bond acceptors (Lipinski definition) is 5. The topological polar surface area (TPSA) is 56.8 Å². The molecule has 2 aromatic carbocycles. The maximum atomic E-state index is 13.9. The zero-order chi connectivity index (χ0) is 25.2. The summed E-state index contributed by atoms with van der Waals surface area (Å²) in [5.41, 5.74) is 4.39. The number of benzene rings is 2. The predicted octanol–water partition coefficient (Wildman–Crippen LogP) is 4.69. The molecule has 2 aliphatic heterocycles. The molecule has 1 fully saturated rings. The lowest BCUT2D eigenvalue weighted by molar-refractivity contribution is -0.137. The zero-order valence-electron chi connectivity index (χ0n) is 21.1. The fraction of sp³-hybridized carbons (Fsp3) is 0.345. The standard InChI is InChI=1S/C29H32N4O2S/c1-20-11-12-21(2)23(18-20)19-33-24-8-4-5-9-25(24)36-27(29(33)35)22(3)28(34)32-16-14-31(15-17-32)26-10-6-7-13-30-26/h4-13,18,22,27H,14-17,19H2,1-3H3/t22-,27-/m1/s1. The Labute approximate surface area is 217 Å². The molecule has 0 spiro atoms. The molecule has 0 aliphatic carbocycles. The minimum atomic E-state index is -0.452. The molecule has 0 unspecified atom stereocenters. The van der Waals surface area contributed by atoms with Crippen LogP contribution in [0.3, 0.4) is 0 Å². The molecule has 3 heterocycles. The van der Waals surface area contributed by atoms with Crippen LogP contribution in [0.15, 0.2) is 71.8 Å². The number of nitrogens with zero attached hydrogens (tertiary/aromatic N) is 4. The average Bonchev–Trinajstić information content (AvgIpc) is 2.92. The fourth-order valence-corrected chi connectivity index (χ4v) is 6.25. The maximum absolute atomic E-state index is 13.9. The Bertz CT molecular complexity index is 1260. The van der Waals surface area contributed by atoms with E-state index in [4.69, 9.17) is 0 Å². The first kappa shape index (κ1) is 24.4. The van der Waals surface area contributed by atoms with Crippen molar-refractivity contribution in [2.24, 2.45) is 5.92 Å². The lowest BCUT2D eigenvalue weighted by Gasteiger charge is -2.39. The number of anilines is 2. The summed E-state index contributed by atoms with van der Waals surface area (Å²) in [6, 6.07) is 20.3. The van der Waals surface area contributed by atoms with Crippen LogP contribution in [0.5, 0.6) is 0 Å². The zero-order valence-corrected chi connectivity index (χ0v) is 21.9. The van der Waals surface area contributed by atoms with E-state index < -0.39 is 11.2 Å². The molecule has 1 saturated heterocycles. The van der Waals surface area contributed by atoms with Gasteiger partial charge in [0.1, 0.15) is 11.1 Å². The minimum Gasteiger partial charge on any atom is -0.353 e. The Morgan fingerprint density at radius 1 is 1.03 bits per heavy atom.